The molecule has 0 saturated heterocycles. The molecule has 0 bridgehead atoms. The summed E-state index contributed by atoms with van der Waals surface area (Å²) in [6, 6.07) is 5.18. The first-order valence-corrected chi connectivity index (χ1v) is 6.16. The van der Waals surface area contributed by atoms with E-state index in [1.807, 2.05) is 6.92 Å². The zero-order chi connectivity index (χ0) is 12.7. The maximum Gasteiger partial charge on any atom is 0.240 e. The molecule has 1 aromatic rings. The van der Waals surface area contributed by atoms with Crippen LogP contribution in [0.2, 0.25) is 10.0 Å². The topological polar surface area (TPSA) is 41.5 Å². The Balaban J connectivity index is 2.56. The number of hydrogen-bond donors (Lipinski definition) is 1. The SMILES string of the molecule is CCCCC(=O)NN=Cc1c(Cl)cccc1Cl. The van der Waals surface area contributed by atoms with Gasteiger partial charge in [-0.05, 0) is 18.6 Å². The maximum absolute atomic E-state index is 11.3. The summed E-state index contributed by atoms with van der Waals surface area (Å²) in [6.07, 6.45) is 3.76. The van der Waals surface area contributed by atoms with Crippen LogP contribution in [0.25, 0.3) is 0 Å². The Kier molecular flexibility index (Phi) is 6.01. The monoisotopic (exact) mass is 272 g/mol. The Hall–Kier alpha value is -1.06. The molecule has 92 valence electrons. The van der Waals surface area contributed by atoms with Gasteiger partial charge in [0.2, 0.25) is 5.91 Å². The summed E-state index contributed by atoms with van der Waals surface area (Å²) in [5, 5.41) is 4.83. The van der Waals surface area contributed by atoms with Gasteiger partial charge in [0, 0.05) is 12.0 Å². The molecule has 0 unspecified atom stereocenters. The van der Waals surface area contributed by atoms with E-state index in [0.29, 0.717) is 22.0 Å². The third-order valence-electron chi connectivity index (χ3n) is 2.14. The Bertz CT molecular complexity index is 399. The zero-order valence-corrected chi connectivity index (χ0v) is 11.1. The minimum absolute atomic E-state index is 0.105. The highest BCUT2D eigenvalue weighted by molar-refractivity contribution is 6.38. The standard InChI is InChI=1S/C12H14Cl2N2O/c1-2-3-7-12(17)16-15-8-9-10(13)5-4-6-11(9)14/h4-6,8H,2-3,7H2,1H3,(H,16,17). The molecule has 0 fully saturated rings. The summed E-state index contributed by atoms with van der Waals surface area (Å²) in [5.74, 6) is -0.105. The van der Waals surface area contributed by atoms with Crippen molar-refractivity contribution in [2.24, 2.45) is 5.10 Å². The molecule has 0 aliphatic rings. The first-order valence-electron chi connectivity index (χ1n) is 5.41. The van der Waals surface area contributed by atoms with Gasteiger partial charge in [-0.1, -0.05) is 42.6 Å². The van der Waals surface area contributed by atoms with Crippen LogP contribution in [0, 0.1) is 0 Å². The summed E-state index contributed by atoms with van der Waals surface area (Å²) in [4.78, 5) is 11.3. The number of carbonyl (C=O) groups excluding carboxylic acids is 1. The maximum atomic E-state index is 11.3. The van der Waals surface area contributed by atoms with Gasteiger partial charge in [0.15, 0.2) is 0 Å². The summed E-state index contributed by atoms with van der Waals surface area (Å²) < 4.78 is 0. The number of rotatable bonds is 5. The number of hydrazone groups is 1. The average molecular weight is 273 g/mol. The van der Waals surface area contributed by atoms with Crippen LogP contribution in [-0.2, 0) is 4.79 Å². The fourth-order valence-electron chi connectivity index (χ4n) is 1.20. The molecule has 0 radical (unpaired) electrons. The van der Waals surface area contributed by atoms with Gasteiger partial charge in [0.05, 0.1) is 16.3 Å². The van der Waals surface area contributed by atoms with Crippen molar-refractivity contribution in [2.45, 2.75) is 26.2 Å². The number of halogens is 2. The van der Waals surface area contributed by atoms with E-state index in [0.717, 1.165) is 12.8 Å². The molecule has 1 N–H and O–H groups in total. The van der Waals surface area contributed by atoms with Gasteiger partial charge in [-0.3, -0.25) is 4.79 Å². The number of benzene rings is 1. The lowest BCUT2D eigenvalue weighted by atomic mass is 10.2. The summed E-state index contributed by atoms with van der Waals surface area (Å²) in [5.41, 5.74) is 3.04. The summed E-state index contributed by atoms with van der Waals surface area (Å²) >= 11 is 11.9. The van der Waals surface area contributed by atoms with Crippen molar-refractivity contribution < 1.29 is 4.79 Å². The van der Waals surface area contributed by atoms with Crippen LogP contribution in [0.3, 0.4) is 0 Å². The quantitative estimate of drug-likeness (QED) is 0.646. The number of amides is 1. The summed E-state index contributed by atoms with van der Waals surface area (Å²) in [6.45, 7) is 2.03. The van der Waals surface area contributed by atoms with Crippen molar-refractivity contribution in [1.29, 1.82) is 0 Å². The zero-order valence-electron chi connectivity index (χ0n) is 9.54. The third kappa shape index (κ3) is 4.75. The minimum Gasteiger partial charge on any atom is -0.273 e. The molecule has 3 nitrogen and oxygen atoms in total. The molecule has 1 aromatic carbocycles. The molecule has 0 saturated carbocycles. The lowest BCUT2D eigenvalue weighted by molar-refractivity contribution is -0.121. The molecule has 0 spiro atoms. The highest BCUT2D eigenvalue weighted by Gasteiger charge is 2.02. The fourth-order valence-corrected chi connectivity index (χ4v) is 1.69. The number of hydrogen-bond acceptors (Lipinski definition) is 2. The van der Waals surface area contributed by atoms with E-state index in [9.17, 15) is 4.79 Å². The summed E-state index contributed by atoms with van der Waals surface area (Å²) in [7, 11) is 0. The van der Waals surface area contributed by atoms with E-state index >= 15 is 0 Å². The van der Waals surface area contributed by atoms with Gasteiger partial charge in [0.25, 0.3) is 0 Å². The average Bonchev–Trinajstić information content (AvgIpc) is 2.30. The molecule has 1 rings (SSSR count). The Labute approximate surface area is 111 Å². The van der Waals surface area contributed by atoms with Crippen molar-refractivity contribution in [3.63, 3.8) is 0 Å². The van der Waals surface area contributed by atoms with Crippen molar-refractivity contribution in [3.8, 4) is 0 Å². The second-order valence-corrected chi connectivity index (χ2v) is 4.35. The normalized spacial score (nSPS) is 10.8. The molecule has 0 aromatic heterocycles. The molecule has 0 aliphatic heterocycles. The van der Waals surface area contributed by atoms with E-state index in [1.54, 1.807) is 18.2 Å². The molecule has 1 amide bonds. The predicted octanol–water partition coefficient (Wildman–Crippen LogP) is 3.63. The predicted molar refractivity (Wildman–Crippen MR) is 71.7 cm³/mol. The Morgan fingerprint density at radius 2 is 2.06 bits per heavy atom. The van der Waals surface area contributed by atoms with Crippen molar-refractivity contribution in [3.05, 3.63) is 33.8 Å². The van der Waals surface area contributed by atoms with Crippen LogP contribution >= 0.6 is 23.2 Å². The number of nitrogens with one attached hydrogen (secondary N) is 1. The van der Waals surface area contributed by atoms with Gasteiger partial charge in [-0.25, -0.2) is 5.43 Å². The minimum atomic E-state index is -0.105. The third-order valence-corrected chi connectivity index (χ3v) is 2.80. The van der Waals surface area contributed by atoms with Gasteiger partial charge < -0.3 is 0 Å². The van der Waals surface area contributed by atoms with E-state index in [1.165, 1.54) is 6.21 Å². The van der Waals surface area contributed by atoms with Crippen LogP contribution in [0.5, 0.6) is 0 Å². The molecule has 17 heavy (non-hydrogen) atoms. The number of nitrogens with zero attached hydrogens (tertiary/aromatic N) is 1. The smallest absolute Gasteiger partial charge is 0.240 e. The van der Waals surface area contributed by atoms with Crippen LogP contribution in [-0.4, -0.2) is 12.1 Å². The first kappa shape index (κ1) is 14.0. The highest BCUT2D eigenvalue weighted by Crippen LogP contribution is 2.21. The number of carbonyl (C=O) groups is 1. The molecule has 0 aliphatic carbocycles. The molecule has 0 heterocycles. The largest absolute Gasteiger partial charge is 0.273 e. The molecule has 0 atom stereocenters. The van der Waals surface area contributed by atoms with Crippen LogP contribution < -0.4 is 5.43 Å². The van der Waals surface area contributed by atoms with E-state index in [2.05, 4.69) is 10.5 Å². The van der Waals surface area contributed by atoms with E-state index in [4.69, 9.17) is 23.2 Å². The fraction of sp³-hybridized carbons (Fsp3) is 0.333. The van der Waals surface area contributed by atoms with Crippen LogP contribution in [0.15, 0.2) is 23.3 Å². The lowest BCUT2D eigenvalue weighted by Crippen LogP contribution is -2.16. The highest BCUT2D eigenvalue weighted by atomic mass is 35.5. The second kappa shape index (κ2) is 7.30. The van der Waals surface area contributed by atoms with Crippen LogP contribution in [0.1, 0.15) is 31.7 Å². The number of unbranched alkanes of at least 4 members (excludes halogenated alkanes) is 1. The van der Waals surface area contributed by atoms with E-state index < -0.39 is 0 Å². The lowest BCUT2D eigenvalue weighted by Gasteiger charge is -2.01. The van der Waals surface area contributed by atoms with Gasteiger partial charge in [-0.15, -0.1) is 0 Å². The van der Waals surface area contributed by atoms with Crippen molar-refractivity contribution in [1.82, 2.24) is 5.43 Å². The second-order valence-electron chi connectivity index (χ2n) is 3.53. The first-order chi connectivity index (χ1) is 8.15. The van der Waals surface area contributed by atoms with Gasteiger partial charge in [-0.2, -0.15) is 5.10 Å². The van der Waals surface area contributed by atoms with Gasteiger partial charge >= 0.3 is 0 Å². The van der Waals surface area contributed by atoms with E-state index in [-0.39, 0.29) is 5.91 Å². The molecule has 5 heteroatoms. The Morgan fingerprint density at radius 1 is 1.41 bits per heavy atom. The van der Waals surface area contributed by atoms with Crippen molar-refractivity contribution >= 4 is 35.3 Å². The van der Waals surface area contributed by atoms with Crippen molar-refractivity contribution in [2.75, 3.05) is 0 Å². The molecular formula is C12H14Cl2N2O. The molecular weight excluding hydrogens is 259 g/mol. The Morgan fingerprint density at radius 3 is 2.65 bits per heavy atom. The van der Waals surface area contributed by atoms with Gasteiger partial charge in [0.1, 0.15) is 0 Å². The van der Waals surface area contributed by atoms with Crippen LogP contribution in [0.4, 0.5) is 0 Å².